The summed E-state index contributed by atoms with van der Waals surface area (Å²) in [5.41, 5.74) is 9.91. The van der Waals surface area contributed by atoms with Crippen LogP contribution in [0.15, 0.2) is 115 Å². The van der Waals surface area contributed by atoms with Gasteiger partial charge in [-0.25, -0.2) is 9.67 Å². The Morgan fingerprint density at radius 2 is 1.35 bits per heavy atom. The van der Waals surface area contributed by atoms with E-state index in [1.807, 2.05) is 6.20 Å². The van der Waals surface area contributed by atoms with E-state index >= 15 is 0 Å². The smallest absolute Gasteiger partial charge is 0.137 e. The maximum absolute atomic E-state index is 6.75. The predicted molar refractivity (Wildman–Crippen MR) is 213 cm³/mol. The lowest BCUT2D eigenvalue weighted by Gasteiger charge is -2.24. The number of rotatable bonds is 7. The molecule has 9 rings (SSSR count). The minimum atomic E-state index is 0.0148. The molecule has 3 aromatic heterocycles. The highest BCUT2D eigenvalue weighted by Gasteiger charge is 2.32. The van der Waals surface area contributed by atoms with Crippen LogP contribution in [0.2, 0.25) is 0 Å². The Labute approximate surface area is 307 Å². The van der Waals surface area contributed by atoms with Crippen molar-refractivity contribution >= 4 is 21.8 Å². The zero-order valence-corrected chi connectivity index (χ0v) is 30.7. The highest BCUT2D eigenvalue weighted by Crippen LogP contribution is 2.46. The standard InChI is InChI=1S/C47H48N4O/c1-47(2,3)35-27-28-48-43(29-35)50-41-24-13-12-23-39(41)40-26-25-38(31-42(40)50)52-37-22-14-21-36(30-37)51-46(34-19-8-5-9-20-34)44(32-15-6-4-7-16-32)45(49-51)33-17-10-11-18-33/h4,6-7,12-16,21-31,33-34H,5,8-11,17-20H2,1-3H3. The second-order valence-electron chi connectivity index (χ2n) is 16.0. The van der Waals surface area contributed by atoms with Crippen LogP contribution in [0.1, 0.15) is 107 Å². The maximum Gasteiger partial charge on any atom is 0.137 e. The summed E-state index contributed by atoms with van der Waals surface area (Å²) < 4.78 is 11.3. The summed E-state index contributed by atoms with van der Waals surface area (Å²) in [7, 11) is 0. The number of pyridine rings is 1. The van der Waals surface area contributed by atoms with Crippen molar-refractivity contribution in [3.05, 3.63) is 132 Å². The van der Waals surface area contributed by atoms with E-state index in [0.29, 0.717) is 11.8 Å². The SMILES string of the molecule is CC(C)(C)c1ccnc(-n2c3ccccc3c3ccc(Oc4cccc(-n5nc(C6CCCC6)c(-c6ccccc6)c5C5CCCCC5)c4)cc32)c1. The van der Waals surface area contributed by atoms with Gasteiger partial charge < -0.3 is 4.74 Å². The second-order valence-corrected chi connectivity index (χ2v) is 16.0. The summed E-state index contributed by atoms with van der Waals surface area (Å²) >= 11 is 0. The molecule has 2 saturated carbocycles. The quantitative estimate of drug-likeness (QED) is 0.168. The molecule has 0 N–H and O–H groups in total. The first kappa shape index (κ1) is 32.7. The Hall–Kier alpha value is -5.16. The molecule has 0 amide bonds. The monoisotopic (exact) mass is 684 g/mol. The van der Waals surface area contributed by atoms with E-state index in [2.05, 4.69) is 139 Å². The van der Waals surface area contributed by atoms with Crippen LogP contribution >= 0.6 is 0 Å². The molecular weight excluding hydrogens is 637 g/mol. The number of aromatic nitrogens is 4. The molecule has 0 unspecified atom stereocenters. The van der Waals surface area contributed by atoms with Gasteiger partial charge in [-0.3, -0.25) is 4.57 Å². The van der Waals surface area contributed by atoms with E-state index in [1.54, 1.807) is 0 Å². The zero-order chi connectivity index (χ0) is 35.2. The molecule has 0 atom stereocenters. The lowest BCUT2D eigenvalue weighted by atomic mass is 9.82. The number of benzene rings is 4. The molecule has 0 saturated heterocycles. The molecule has 2 fully saturated rings. The number of nitrogens with zero attached hydrogens (tertiary/aromatic N) is 4. The van der Waals surface area contributed by atoms with Crippen molar-refractivity contribution in [2.24, 2.45) is 0 Å². The highest BCUT2D eigenvalue weighted by atomic mass is 16.5. The molecular formula is C47H48N4O. The van der Waals surface area contributed by atoms with Gasteiger partial charge in [-0.15, -0.1) is 0 Å². The van der Waals surface area contributed by atoms with E-state index in [4.69, 9.17) is 14.8 Å². The van der Waals surface area contributed by atoms with E-state index in [1.165, 1.54) is 96.6 Å². The first-order chi connectivity index (χ1) is 25.4. The number of ether oxygens (including phenoxy) is 1. The molecule has 262 valence electrons. The van der Waals surface area contributed by atoms with Crippen LogP contribution in [-0.2, 0) is 5.41 Å². The summed E-state index contributed by atoms with van der Waals surface area (Å²) in [6.07, 6.45) is 13.3. The average molecular weight is 685 g/mol. The fraction of sp³-hybridized carbons (Fsp3) is 0.319. The van der Waals surface area contributed by atoms with Crippen molar-refractivity contribution in [2.45, 2.75) is 95.8 Å². The summed E-state index contributed by atoms with van der Waals surface area (Å²) in [5, 5.41) is 7.93. The Bertz CT molecular complexity index is 2360. The minimum Gasteiger partial charge on any atom is -0.457 e. The normalized spacial score (nSPS) is 15.9. The molecule has 0 aliphatic heterocycles. The van der Waals surface area contributed by atoms with Gasteiger partial charge in [0.25, 0.3) is 0 Å². The van der Waals surface area contributed by atoms with Gasteiger partial charge in [0.15, 0.2) is 0 Å². The fourth-order valence-corrected chi connectivity index (χ4v) is 8.87. The van der Waals surface area contributed by atoms with Crippen molar-refractivity contribution in [2.75, 3.05) is 0 Å². The van der Waals surface area contributed by atoms with Crippen molar-refractivity contribution in [3.8, 4) is 34.1 Å². The van der Waals surface area contributed by atoms with Crippen LogP contribution in [0, 0.1) is 0 Å². The van der Waals surface area contributed by atoms with E-state index in [9.17, 15) is 0 Å². The third kappa shape index (κ3) is 6.00. The molecule has 0 radical (unpaired) electrons. The Kier molecular flexibility index (Phi) is 8.45. The van der Waals surface area contributed by atoms with E-state index in [0.717, 1.165) is 34.0 Å². The Balaban J connectivity index is 1.14. The molecule has 7 aromatic rings. The zero-order valence-electron chi connectivity index (χ0n) is 30.7. The van der Waals surface area contributed by atoms with Crippen molar-refractivity contribution in [1.29, 1.82) is 0 Å². The first-order valence-corrected chi connectivity index (χ1v) is 19.4. The summed E-state index contributed by atoms with van der Waals surface area (Å²) in [6, 6.07) is 39.0. The van der Waals surface area contributed by atoms with E-state index < -0.39 is 0 Å². The number of hydrogen-bond donors (Lipinski definition) is 0. The fourth-order valence-electron chi connectivity index (χ4n) is 8.87. The van der Waals surface area contributed by atoms with Gasteiger partial charge in [-0.05, 0) is 84.7 Å². The maximum atomic E-state index is 6.75. The van der Waals surface area contributed by atoms with Crippen molar-refractivity contribution in [3.63, 3.8) is 0 Å². The third-order valence-electron chi connectivity index (χ3n) is 11.5. The van der Waals surface area contributed by atoms with Crippen LogP contribution in [0.3, 0.4) is 0 Å². The summed E-state index contributed by atoms with van der Waals surface area (Å²) in [6.45, 7) is 6.74. The third-order valence-corrected chi connectivity index (χ3v) is 11.5. The van der Waals surface area contributed by atoms with Crippen LogP contribution in [0.25, 0.3) is 44.4 Å². The van der Waals surface area contributed by atoms with E-state index in [-0.39, 0.29) is 5.41 Å². The molecule has 4 aromatic carbocycles. The van der Waals surface area contributed by atoms with Crippen LogP contribution in [0.5, 0.6) is 11.5 Å². The first-order valence-electron chi connectivity index (χ1n) is 19.4. The topological polar surface area (TPSA) is 44.9 Å². The minimum absolute atomic E-state index is 0.0148. The van der Waals surface area contributed by atoms with Gasteiger partial charge >= 0.3 is 0 Å². The van der Waals surface area contributed by atoms with Gasteiger partial charge in [0.05, 0.1) is 28.1 Å². The van der Waals surface area contributed by atoms with Gasteiger partial charge in [0.1, 0.15) is 17.3 Å². The molecule has 52 heavy (non-hydrogen) atoms. The second kappa shape index (κ2) is 13.4. The molecule has 3 heterocycles. The van der Waals surface area contributed by atoms with Gasteiger partial charge in [-0.2, -0.15) is 5.10 Å². The number of para-hydroxylation sites is 1. The molecule has 0 bridgehead atoms. The average Bonchev–Trinajstić information content (AvgIpc) is 3.92. The largest absolute Gasteiger partial charge is 0.457 e. The number of hydrogen-bond acceptors (Lipinski definition) is 3. The summed E-state index contributed by atoms with van der Waals surface area (Å²) in [4.78, 5) is 4.87. The van der Waals surface area contributed by atoms with Crippen LogP contribution in [0.4, 0.5) is 0 Å². The van der Waals surface area contributed by atoms with Gasteiger partial charge in [-0.1, -0.05) is 107 Å². The molecule has 5 nitrogen and oxygen atoms in total. The van der Waals surface area contributed by atoms with Gasteiger partial charge in [0.2, 0.25) is 0 Å². The molecule has 0 spiro atoms. The highest BCUT2D eigenvalue weighted by molar-refractivity contribution is 6.09. The van der Waals surface area contributed by atoms with Gasteiger partial charge in [0, 0.05) is 46.5 Å². The lowest BCUT2D eigenvalue weighted by Crippen LogP contribution is -2.12. The Morgan fingerprint density at radius 3 is 2.15 bits per heavy atom. The number of fused-ring (bicyclic) bond motifs is 3. The lowest BCUT2D eigenvalue weighted by molar-refractivity contribution is 0.430. The van der Waals surface area contributed by atoms with Crippen LogP contribution in [-0.4, -0.2) is 19.3 Å². The van der Waals surface area contributed by atoms with Crippen LogP contribution < -0.4 is 4.74 Å². The molecule has 2 aliphatic carbocycles. The predicted octanol–water partition coefficient (Wildman–Crippen LogP) is 12.8. The van der Waals surface area contributed by atoms with Crippen molar-refractivity contribution in [1.82, 2.24) is 19.3 Å². The summed E-state index contributed by atoms with van der Waals surface area (Å²) in [5.74, 6) is 3.52. The molecule has 5 heteroatoms. The van der Waals surface area contributed by atoms with Crippen molar-refractivity contribution < 1.29 is 4.74 Å². The Morgan fingerprint density at radius 1 is 0.635 bits per heavy atom. The molecule has 2 aliphatic rings.